The summed E-state index contributed by atoms with van der Waals surface area (Å²) in [5.41, 5.74) is 3.59. The lowest BCUT2D eigenvalue weighted by molar-refractivity contribution is 0.955. The molecule has 0 saturated heterocycles. The van der Waals surface area contributed by atoms with Gasteiger partial charge in [0.1, 0.15) is 11.6 Å². The van der Waals surface area contributed by atoms with Crippen LogP contribution in [-0.4, -0.2) is 22.7 Å². The number of benzene rings is 1. The van der Waals surface area contributed by atoms with E-state index in [1.165, 1.54) is 6.21 Å². The number of hydrogen-bond donors (Lipinski definition) is 3. The molecular formula is C18H21Cl2N5. The highest BCUT2D eigenvalue weighted by Gasteiger charge is 2.05. The lowest BCUT2D eigenvalue weighted by Gasteiger charge is -2.11. The van der Waals surface area contributed by atoms with E-state index >= 15 is 0 Å². The van der Waals surface area contributed by atoms with Gasteiger partial charge < -0.3 is 16.0 Å². The van der Waals surface area contributed by atoms with E-state index in [0.29, 0.717) is 23.0 Å². The van der Waals surface area contributed by atoms with Crippen molar-refractivity contribution in [2.75, 3.05) is 17.2 Å². The molecule has 0 aliphatic rings. The molecule has 7 heteroatoms. The maximum atomic E-state index is 7.57. The molecule has 0 unspecified atom stereocenters. The smallest absolute Gasteiger partial charge is 0.132 e. The molecule has 2 rings (SSSR count). The van der Waals surface area contributed by atoms with E-state index < -0.39 is 0 Å². The molecule has 0 amide bonds. The van der Waals surface area contributed by atoms with Gasteiger partial charge in [-0.2, -0.15) is 0 Å². The Morgan fingerprint density at radius 2 is 1.96 bits per heavy atom. The average Bonchev–Trinajstić information content (AvgIpc) is 2.56. The summed E-state index contributed by atoms with van der Waals surface area (Å²) in [5, 5.41) is 15.1. The monoisotopic (exact) mass is 377 g/mol. The lowest BCUT2D eigenvalue weighted by atomic mass is 10.2. The third-order valence-electron chi connectivity index (χ3n) is 3.74. The summed E-state index contributed by atoms with van der Waals surface area (Å²) < 4.78 is 0. The highest BCUT2D eigenvalue weighted by atomic mass is 35.5. The minimum atomic E-state index is 0.536. The van der Waals surface area contributed by atoms with Crippen LogP contribution in [0, 0.1) is 26.2 Å². The van der Waals surface area contributed by atoms with Crippen LogP contribution in [0.25, 0.3) is 0 Å². The number of hydrogen-bond acceptors (Lipinski definition) is 5. The SMILES string of the molecule is Cc1nc(C)c(C)c(NCC/C(C=N)=C/Nc2ccc(Cl)cc2Cl)n1. The van der Waals surface area contributed by atoms with Gasteiger partial charge in [-0.25, -0.2) is 9.97 Å². The highest BCUT2D eigenvalue weighted by molar-refractivity contribution is 6.36. The minimum absolute atomic E-state index is 0.536. The Morgan fingerprint density at radius 3 is 2.64 bits per heavy atom. The van der Waals surface area contributed by atoms with Crippen molar-refractivity contribution in [2.45, 2.75) is 27.2 Å². The van der Waals surface area contributed by atoms with Crippen molar-refractivity contribution < 1.29 is 0 Å². The van der Waals surface area contributed by atoms with E-state index in [1.807, 2.05) is 20.8 Å². The van der Waals surface area contributed by atoms with Crippen LogP contribution in [0.2, 0.25) is 10.0 Å². The molecule has 5 nitrogen and oxygen atoms in total. The Hall–Kier alpha value is -2.11. The van der Waals surface area contributed by atoms with Crippen molar-refractivity contribution in [2.24, 2.45) is 0 Å². The maximum Gasteiger partial charge on any atom is 0.132 e. The predicted molar refractivity (Wildman–Crippen MR) is 106 cm³/mol. The molecule has 2 aromatic rings. The summed E-state index contributed by atoms with van der Waals surface area (Å²) in [6, 6.07) is 5.24. The molecule has 1 heterocycles. The minimum Gasteiger partial charge on any atom is -0.369 e. The van der Waals surface area contributed by atoms with Crippen molar-refractivity contribution in [1.29, 1.82) is 5.41 Å². The Bertz CT molecular complexity index is 802. The van der Waals surface area contributed by atoms with E-state index in [4.69, 9.17) is 28.6 Å². The Morgan fingerprint density at radius 1 is 1.20 bits per heavy atom. The average molecular weight is 378 g/mol. The van der Waals surface area contributed by atoms with Crippen molar-refractivity contribution in [1.82, 2.24) is 9.97 Å². The van der Waals surface area contributed by atoms with Gasteiger partial charge in [0.05, 0.1) is 10.7 Å². The number of halogens is 2. The zero-order chi connectivity index (χ0) is 18.4. The summed E-state index contributed by atoms with van der Waals surface area (Å²) in [6.07, 6.45) is 3.76. The number of aromatic nitrogens is 2. The number of nitrogens with zero attached hydrogens (tertiary/aromatic N) is 2. The Balaban J connectivity index is 1.97. The molecule has 0 saturated carbocycles. The van der Waals surface area contributed by atoms with E-state index in [9.17, 15) is 0 Å². The summed E-state index contributed by atoms with van der Waals surface area (Å²) in [7, 11) is 0. The van der Waals surface area contributed by atoms with Crippen LogP contribution >= 0.6 is 23.2 Å². The second kappa shape index (κ2) is 8.83. The third-order valence-corrected chi connectivity index (χ3v) is 4.28. The van der Waals surface area contributed by atoms with Gasteiger partial charge in [0.25, 0.3) is 0 Å². The molecule has 0 aliphatic carbocycles. The van der Waals surface area contributed by atoms with E-state index in [0.717, 1.165) is 34.2 Å². The van der Waals surface area contributed by atoms with Crippen LogP contribution in [0.4, 0.5) is 11.5 Å². The van der Waals surface area contributed by atoms with Crippen LogP contribution in [0.15, 0.2) is 30.0 Å². The molecule has 0 aliphatic heterocycles. The van der Waals surface area contributed by atoms with Gasteiger partial charge in [0.15, 0.2) is 0 Å². The lowest BCUT2D eigenvalue weighted by Crippen LogP contribution is -2.09. The zero-order valence-electron chi connectivity index (χ0n) is 14.5. The van der Waals surface area contributed by atoms with Crippen molar-refractivity contribution >= 4 is 40.9 Å². The number of anilines is 2. The first kappa shape index (κ1) is 19.2. The molecule has 132 valence electrons. The summed E-state index contributed by atoms with van der Waals surface area (Å²) in [5.74, 6) is 1.58. The first-order valence-corrected chi connectivity index (χ1v) is 8.63. The summed E-state index contributed by atoms with van der Waals surface area (Å²) in [4.78, 5) is 8.77. The predicted octanol–water partition coefficient (Wildman–Crippen LogP) is 5.16. The number of nitrogens with one attached hydrogen (secondary N) is 3. The van der Waals surface area contributed by atoms with Gasteiger partial charge in [-0.3, -0.25) is 0 Å². The van der Waals surface area contributed by atoms with Gasteiger partial charge in [-0.1, -0.05) is 23.2 Å². The van der Waals surface area contributed by atoms with Crippen molar-refractivity contribution in [3.05, 3.63) is 57.1 Å². The molecule has 0 atom stereocenters. The third kappa shape index (κ3) is 5.44. The quantitative estimate of drug-likeness (QED) is 0.582. The molecule has 3 N–H and O–H groups in total. The first-order valence-electron chi connectivity index (χ1n) is 7.87. The Labute approximate surface area is 158 Å². The molecular weight excluding hydrogens is 357 g/mol. The van der Waals surface area contributed by atoms with Crippen molar-refractivity contribution in [3.8, 4) is 0 Å². The van der Waals surface area contributed by atoms with Crippen molar-refractivity contribution in [3.63, 3.8) is 0 Å². The molecule has 0 fully saturated rings. The largest absolute Gasteiger partial charge is 0.369 e. The van der Waals surface area contributed by atoms with Gasteiger partial charge in [-0.15, -0.1) is 0 Å². The second-order valence-electron chi connectivity index (χ2n) is 5.64. The van der Waals surface area contributed by atoms with E-state index in [1.54, 1.807) is 24.4 Å². The fourth-order valence-electron chi connectivity index (χ4n) is 2.23. The van der Waals surface area contributed by atoms with E-state index in [2.05, 4.69) is 20.6 Å². The standard InChI is InChI=1S/C18H21Cl2N5/c1-11-12(2)24-13(3)25-18(11)22-7-6-14(9-21)10-23-17-5-4-15(19)8-16(17)20/h4-5,8-10,21,23H,6-7H2,1-3H3,(H,22,24,25)/b14-10-,21-9?. The Kier molecular flexibility index (Phi) is 6.79. The molecule has 0 spiro atoms. The number of aryl methyl sites for hydroxylation is 2. The van der Waals surface area contributed by atoms with Crippen LogP contribution in [-0.2, 0) is 0 Å². The fraction of sp³-hybridized carbons (Fsp3) is 0.278. The normalized spacial score (nSPS) is 11.3. The zero-order valence-corrected chi connectivity index (χ0v) is 16.0. The molecule has 1 aromatic carbocycles. The van der Waals surface area contributed by atoms with Gasteiger partial charge in [-0.05, 0) is 51.0 Å². The van der Waals surface area contributed by atoms with Gasteiger partial charge in [0, 0.05) is 35.2 Å². The highest BCUT2D eigenvalue weighted by Crippen LogP contribution is 2.25. The van der Waals surface area contributed by atoms with Crippen LogP contribution in [0.5, 0.6) is 0 Å². The van der Waals surface area contributed by atoms with Crippen LogP contribution in [0.3, 0.4) is 0 Å². The van der Waals surface area contributed by atoms with E-state index in [-0.39, 0.29) is 0 Å². The molecule has 25 heavy (non-hydrogen) atoms. The second-order valence-corrected chi connectivity index (χ2v) is 6.48. The topological polar surface area (TPSA) is 73.7 Å². The fourth-order valence-corrected chi connectivity index (χ4v) is 2.69. The molecule has 0 bridgehead atoms. The number of rotatable bonds is 7. The molecule has 1 aromatic heterocycles. The van der Waals surface area contributed by atoms with Crippen LogP contribution in [0.1, 0.15) is 23.5 Å². The summed E-state index contributed by atoms with van der Waals surface area (Å²) >= 11 is 12.0. The first-order chi connectivity index (χ1) is 11.9. The van der Waals surface area contributed by atoms with Gasteiger partial charge >= 0.3 is 0 Å². The van der Waals surface area contributed by atoms with Gasteiger partial charge in [0.2, 0.25) is 0 Å². The van der Waals surface area contributed by atoms with Crippen LogP contribution < -0.4 is 10.6 Å². The summed E-state index contributed by atoms with van der Waals surface area (Å²) in [6.45, 7) is 6.50. The molecule has 0 radical (unpaired) electrons. The maximum absolute atomic E-state index is 7.57.